The van der Waals surface area contributed by atoms with Gasteiger partial charge in [0.05, 0.1) is 16.2 Å². The van der Waals surface area contributed by atoms with Crippen LogP contribution in [-0.4, -0.2) is 20.8 Å². The van der Waals surface area contributed by atoms with E-state index >= 15 is 0 Å². The van der Waals surface area contributed by atoms with E-state index in [1.165, 1.54) is 0 Å². The first kappa shape index (κ1) is 16.2. The number of benzene rings is 3. The second kappa shape index (κ2) is 6.93. The molecule has 0 aliphatic carbocycles. The van der Waals surface area contributed by atoms with E-state index < -0.39 is 0 Å². The number of rotatable bonds is 2. The Morgan fingerprint density at radius 2 is 1.64 bits per heavy atom. The van der Waals surface area contributed by atoms with Gasteiger partial charge in [-0.15, -0.1) is 5.10 Å². The number of hydrogen-bond donors (Lipinski definition) is 0. The molecule has 0 bridgehead atoms. The lowest BCUT2D eigenvalue weighted by Crippen LogP contribution is -2.16. The Kier molecular flexibility index (Phi) is 4.50. The Labute approximate surface area is 163 Å². The molecule has 0 spiro atoms. The Hall–Kier alpha value is -2.25. The second-order valence-corrected chi connectivity index (χ2v) is 6.93. The lowest BCUT2D eigenvalue weighted by Gasteiger charge is -2.10. The van der Waals surface area contributed by atoms with Crippen molar-refractivity contribution in [1.29, 1.82) is 0 Å². The van der Waals surface area contributed by atoms with Gasteiger partial charge in [-0.1, -0.05) is 59.3 Å². The van der Waals surface area contributed by atoms with Crippen molar-refractivity contribution >= 4 is 56.7 Å². The van der Waals surface area contributed by atoms with E-state index in [0.717, 1.165) is 20.2 Å². The van der Waals surface area contributed by atoms with Gasteiger partial charge >= 0.3 is 0 Å². The van der Waals surface area contributed by atoms with E-state index in [1.807, 2.05) is 72.8 Å². The summed E-state index contributed by atoms with van der Waals surface area (Å²) >= 11 is 8.62. The predicted octanol–water partition coefficient (Wildman–Crippen LogP) is 5.32. The van der Waals surface area contributed by atoms with E-state index in [0.29, 0.717) is 16.5 Å². The number of nitrogens with zero attached hydrogens (tertiary/aromatic N) is 4. The van der Waals surface area contributed by atoms with Crippen LogP contribution in [0.15, 0.2) is 77.8 Å². The first-order valence-corrected chi connectivity index (χ1v) is 9.08. The standard InChI is InChI=1S/C19H12ClIN4/c20-14-8-2-4-10-16(14)22-19(13-7-1-3-9-15(13)21)25-18-12-6-5-11-17(18)23-24-25/h1-12H. The minimum Gasteiger partial charge on any atom is -0.227 e. The van der Waals surface area contributed by atoms with E-state index in [2.05, 4.69) is 32.9 Å². The molecule has 0 N–H and O–H groups in total. The fraction of sp³-hybridized carbons (Fsp3) is 0. The van der Waals surface area contributed by atoms with Crippen LogP contribution in [-0.2, 0) is 0 Å². The number of halogens is 2. The third kappa shape index (κ3) is 3.17. The molecular formula is C19H12ClIN4. The van der Waals surface area contributed by atoms with Gasteiger partial charge < -0.3 is 0 Å². The average molecular weight is 459 g/mol. The monoisotopic (exact) mass is 458 g/mol. The van der Waals surface area contributed by atoms with E-state index in [9.17, 15) is 0 Å². The molecule has 4 nitrogen and oxygen atoms in total. The van der Waals surface area contributed by atoms with E-state index in [1.54, 1.807) is 4.68 Å². The summed E-state index contributed by atoms with van der Waals surface area (Å²) in [6.45, 7) is 0. The molecule has 6 heteroatoms. The minimum absolute atomic E-state index is 0.593. The third-order valence-corrected chi connectivity index (χ3v) is 5.01. The van der Waals surface area contributed by atoms with Crippen LogP contribution in [0.25, 0.3) is 11.0 Å². The highest BCUT2D eigenvalue weighted by molar-refractivity contribution is 14.1. The summed E-state index contributed by atoms with van der Waals surface area (Å²) in [5.74, 6) is 0.687. The van der Waals surface area contributed by atoms with Crippen LogP contribution in [0.5, 0.6) is 0 Å². The highest BCUT2D eigenvalue weighted by Crippen LogP contribution is 2.26. The summed E-state index contributed by atoms with van der Waals surface area (Å²) in [7, 11) is 0. The van der Waals surface area contributed by atoms with Gasteiger partial charge in [-0.2, -0.15) is 4.68 Å². The quantitative estimate of drug-likeness (QED) is 0.232. The lowest BCUT2D eigenvalue weighted by molar-refractivity contribution is 0.861. The third-order valence-electron chi connectivity index (χ3n) is 3.75. The van der Waals surface area contributed by atoms with Crippen molar-refractivity contribution in [1.82, 2.24) is 15.0 Å². The summed E-state index contributed by atoms with van der Waals surface area (Å²) in [4.78, 5) is 4.82. The SMILES string of the molecule is Clc1ccccc1N=C(c1ccccc1I)n1nnc2ccccc21. The van der Waals surface area contributed by atoms with Crippen LogP contribution in [0, 0.1) is 3.57 Å². The molecule has 0 unspecified atom stereocenters. The highest BCUT2D eigenvalue weighted by Gasteiger charge is 2.15. The van der Waals surface area contributed by atoms with Crippen molar-refractivity contribution in [2.75, 3.05) is 0 Å². The van der Waals surface area contributed by atoms with Gasteiger partial charge in [0.1, 0.15) is 5.52 Å². The normalized spacial score (nSPS) is 11.8. The van der Waals surface area contributed by atoms with Crippen LogP contribution >= 0.6 is 34.2 Å². The molecule has 4 rings (SSSR count). The molecule has 0 radical (unpaired) electrons. The van der Waals surface area contributed by atoms with E-state index in [-0.39, 0.29) is 0 Å². The molecule has 0 saturated carbocycles. The fourth-order valence-corrected chi connectivity index (χ4v) is 3.35. The summed E-state index contributed by atoms with van der Waals surface area (Å²) in [6.07, 6.45) is 0. The Morgan fingerprint density at radius 3 is 2.48 bits per heavy atom. The molecular weight excluding hydrogens is 447 g/mol. The molecule has 0 saturated heterocycles. The Morgan fingerprint density at radius 1 is 0.920 bits per heavy atom. The molecule has 25 heavy (non-hydrogen) atoms. The zero-order chi connectivity index (χ0) is 17.2. The molecule has 1 aromatic heterocycles. The maximum absolute atomic E-state index is 6.32. The van der Waals surface area contributed by atoms with Gasteiger partial charge in [0.25, 0.3) is 0 Å². The molecule has 4 aromatic rings. The minimum atomic E-state index is 0.593. The van der Waals surface area contributed by atoms with Crippen molar-refractivity contribution in [2.24, 2.45) is 4.99 Å². The van der Waals surface area contributed by atoms with Gasteiger partial charge in [-0.05, 0) is 52.9 Å². The van der Waals surface area contributed by atoms with Gasteiger partial charge in [0, 0.05) is 9.13 Å². The van der Waals surface area contributed by atoms with Crippen molar-refractivity contribution in [2.45, 2.75) is 0 Å². The molecule has 122 valence electrons. The maximum atomic E-state index is 6.32. The van der Waals surface area contributed by atoms with Crippen molar-refractivity contribution in [3.05, 3.63) is 87.0 Å². The molecule has 0 atom stereocenters. The summed E-state index contributed by atoms with van der Waals surface area (Å²) in [5.41, 5.74) is 3.38. The second-order valence-electron chi connectivity index (χ2n) is 5.36. The molecule has 0 aliphatic heterocycles. The first-order valence-electron chi connectivity index (χ1n) is 7.63. The smallest absolute Gasteiger partial charge is 0.164 e. The predicted molar refractivity (Wildman–Crippen MR) is 110 cm³/mol. The lowest BCUT2D eigenvalue weighted by atomic mass is 10.2. The van der Waals surface area contributed by atoms with Crippen LogP contribution < -0.4 is 0 Å². The number of para-hydroxylation sites is 2. The summed E-state index contributed by atoms with van der Waals surface area (Å²) in [5, 5.41) is 9.18. The molecule has 0 amide bonds. The van der Waals surface area contributed by atoms with Gasteiger partial charge in [0.2, 0.25) is 0 Å². The summed E-state index contributed by atoms with van der Waals surface area (Å²) < 4.78 is 2.83. The molecule has 0 fully saturated rings. The fourth-order valence-electron chi connectivity index (χ4n) is 2.55. The number of aliphatic imine (C=N–C) groups is 1. The first-order chi connectivity index (χ1) is 12.2. The van der Waals surface area contributed by atoms with Crippen LogP contribution in [0.3, 0.4) is 0 Å². The zero-order valence-electron chi connectivity index (χ0n) is 13.0. The molecule has 1 heterocycles. The van der Waals surface area contributed by atoms with Crippen molar-refractivity contribution < 1.29 is 0 Å². The number of hydrogen-bond acceptors (Lipinski definition) is 3. The average Bonchev–Trinajstić information content (AvgIpc) is 3.06. The van der Waals surface area contributed by atoms with Crippen molar-refractivity contribution in [3.8, 4) is 0 Å². The maximum Gasteiger partial charge on any atom is 0.164 e. The number of fused-ring (bicyclic) bond motifs is 1. The Bertz CT molecular complexity index is 1090. The number of aromatic nitrogens is 3. The highest BCUT2D eigenvalue weighted by atomic mass is 127. The largest absolute Gasteiger partial charge is 0.227 e. The molecule has 0 aliphatic rings. The van der Waals surface area contributed by atoms with E-state index in [4.69, 9.17) is 16.6 Å². The summed E-state index contributed by atoms with van der Waals surface area (Å²) in [6, 6.07) is 23.4. The molecule has 3 aromatic carbocycles. The van der Waals surface area contributed by atoms with Crippen LogP contribution in [0.1, 0.15) is 5.56 Å². The van der Waals surface area contributed by atoms with Crippen molar-refractivity contribution in [3.63, 3.8) is 0 Å². The van der Waals surface area contributed by atoms with Gasteiger partial charge in [-0.3, -0.25) is 0 Å². The van der Waals surface area contributed by atoms with Gasteiger partial charge in [-0.25, -0.2) is 4.99 Å². The van der Waals surface area contributed by atoms with Gasteiger partial charge in [0.15, 0.2) is 5.84 Å². The van der Waals surface area contributed by atoms with Crippen LogP contribution in [0.2, 0.25) is 5.02 Å². The zero-order valence-corrected chi connectivity index (χ0v) is 15.9. The van der Waals surface area contributed by atoms with Crippen LogP contribution in [0.4, 0.5) is 5.69 Å². The topological polar surface area (TPSA) is 43.1 Å². The Balaban J connectivity index is 2.00.